The minimum atomic E-state index is -0.699. The Labute approximate surface area is 133 Å². The Morgan fingerprint density at radius 1 is 1.18 bits per heavy atom. The third-order valence-electron chi connectivity index (χ3n) is 4.47. The molecule has 0 heterocycles. The lowest BCUT2D eigenvalue weighted by molar-refractivity contribution is -0.0287. The Bertz CT molecular complexity index is 508. The van der Waals surface area contributed by atoms with Crippen molar-refractivity contribution in [1.82, 2.24) is 5.32 Å². The Kier molecular flexibility index (Phi) is 5.12. The van der Waals surface area contributed by atoms with E-state index in [2.05, 4.69) is 50.5 Å². The van der Waals surface area contributed by atoms with Gasteiger partial charge in [-0.15, -0.1) is 0 Å². The summed E-state index contributed by atoms with van der Waals surface area (Å²) in [5, 5.41) is 15.9. The summed E-state index contributed by atoms with van der Waals surface area (Å²) in [7, 11) is 0. The lowest BCUT2D eigenvalue weighted by atomic mass is 9.80. The molecule has 0 saturated heterocycles. The molecule has 1 aromatic rings. The SMILES string of the molecule is CC(C)c1cccc(C(C)C)c1NC(=O)NCC1(O)CCC1. The number of nitrogens with one attached hydrogen (secondary N) is 2. The van der Waals surface area contributed by atoms with E-state index in [-0.39, 0.29) is 6.03 Å². The molecule has 2 amide bonds. The number of carbonyl (C=O) groups is 1. The number of urea groups is 1. The van der Waals surface area contributed by atoms with Gasteiger partial charge in [0.25, 0.3) is 0 Å². The van der Waals surface area contributed by atoms with Crippen LogP contribution >= 0.6 is 0 Å². The highest BCUT2D eigenvalue weighted by atomic mass is 16.3. The van der Waals surface area contributed by atoms with Gasteiger partial charge < -0.3 is 15.7 Å². The number of amides is 2. The number of hydrogen-bond donors (Lipinski definition) is 3. The van der Waals surface area contributed by atoms with Crippen molar-refractivity contribution in [2.75, 3.05) is 11.9 Å². The normalized spacial score (nSPS) is 16.5. The fourth-order valence-corrected chi connectivity index (χ4v) is 2.86. The fourth-order valence-electron chi connectivity index (χ4n) is 2.86. The van der Waals surface area contributed by atoms with Gasteiger partial charge in [-0.25, -0.2) is 4.79 Å². The first-order valence-corrected chi connectivity index (χ1v) is 8.22. The minimum Gasteiger partial charge on any atom is -0.388 e. The Balaban J connectivity index is 2.11. The Hall–Kier alpha value is -1.55. The lowest BCUT2D eigenvalue weighted by Crippen LogP contribution is -2.48. The second kappa shape index (κ2) is 6.69. The molecule has 3 N–H and O–H groups in total. The van der Waals surface area contributed by atoms with Crippen LogP contribution in [0.15, 0.2) is 18.2 Å². The molecule has 4 nitrogen and oxygen atoms in total. The van der Waals surface area contributed by atoms with Crippen LogP contribution in [0.1, 0.15) is 69.9 Å². The van der Waals surface area contributed by atoms with E-state index in [1.807, 2.05) is 6.07 Å². The van der Waals surface area contributed by atoms with Crippen LogP contribution < -0.4 is 10.6 Å². The summed E-state index contributed by atoms with van der Waals surface area (Å²) < 4.78 is 0. The largest absolute Gasteiger partial charge is 0.388 e. The summed E-state index contributed by atoms with van der Waals surface area (Å²) in [5.41, 5.74) is 2.49. The molecule has 0 atom stereocenters. The van der Waals surface area contributed by atoms with Crippen molar-refractivity contribution >= 4 is 11.7 Å². The van der Waals surface area contributed by atoms with E-state index < -0.39 is 5.60 Å². The van der Waals surface area contributed by atoms with E-state index in [1.165, 1.54) is 0 Å². The first kappa shape index (κ1) is 16.8. The molecule has 1 fully saturated rings. The molecule has 1 aliphatic carbocycles. The number of para-hydroxylation sites is 1. The summed E-state index contributed by atoms with van der Waals surface area (Å²) >= 11 is 0. The molecule has 1 saturated carbocycles. The van der Waals surface area contributed by atoms with E-state index in [0.717, 1.165) is 36.1 Å². The van der Waals surface area contributed by atoms with Gasteiger partial charge in [0.1, 0.15) is 0 Å². The van der Waals surface area contributed by atoms with E-state index >= 15 is 0 Å². The molecule has 1 aromatic carbocycles. The fraction of sp³-hybridized carbons (Fsp3) is 0.611. The highest BCUT2D eigenvalue weighted by Crippen LogP contribution is 2.33. The standard InChI is InChI=1S/C18H28N2O2/c1-12(2)14-7-5-8-15(13(3)4)16(14)20-17(21)19-11-18(22)9-6-10-18/h5,7-8,12-13,22H,6,9-11H2,1-4H3,(H2,19,20,21). The smallest absolute Gasteiger partial charge is 0.319 e. The molecule has 122 valence electrons. The molecule has 0 radical (unpaired) electrons. The maximum Gasteiger partial charge on any atom is 0.319 e. The lowest BCUT2D eigenvalue weighted by Gasteiger charge is -2.36. The molecule has 4 heteroatoms. The molecule has 0 bridgehead atoms. The molecule has 0 aromatic heterocycles. The van der Waals surface area contributed by atoms with Crippen molar-refractivity contribution in [1.29, 1.82) is 0 Å². The van der Waals surface area contributed by atoms with Crippen molar-refractivity contribution < 1.29 is 9.90 Å². The van der Waals surface area contributed by atoms with Crippen molar-refractivity contribution in [3.8, 4) is 0 Å². The first-order valence-electron chi connectivity index (χ1n) is 8.22. The molecule has 0 unspecified atom stereocenters. The van der Waals surface area contributed by atoms with Gasteiger partial charge in [-0.1, -0.05) is 45.9 Å². The number of benzene rings is 1. The van der Waals surface area contributed by atoms with E-state index in [9.17, 15) is 9.90 Å². The monoisotopic (exact) mass is 304 g/mol. The van der Waals surface area contributed by atoms with Crippen LogP contribution in [0.5, 0.6) is 0 Å². The molecular formula is C18H28N2O2. The predicted molar refractivity (Wildman–Crippen MR) is 90.4 cm³/mol. The van der Waals surface area contributed by atoms with Crippen LogP contribution in [-0.2, 0) is 0 Å². The van der Waals surface area contributed by atoms with Gasteiger partial charge in [-0.05, 0) is 42.2 Å². The van der Waals surface area contributed by atoms with Crippen molar-refractivity contribution in [3.05, 3.63) is 29.3 Å². The van der Waals surface area contributed by atoms with E-state index in [4.69, 9.17) is 0 Å². The van der Waals surface area contributed by atoms with Crippen LogP contribution in [-0.4, -0.2) is 23.3 Å². The highest BCUT2D eigenvalue weighted by Gasteiger charge is 2.34. The van der Waals surface area contributed by atoms with Crippen molar-refractivity contribution in [2.45, 2.75) is 64.4 Å². The molecule has 22 heavy (non-hydrogen) atoms. The van der Waals surface area contributed by atoms with Gasteiger partial charge in [0.05, 0.1) is 5.60 Å². The van der Waals surface area contributed by atoms with Crippen molar-refractivity contribution in [3.63, 3.8) is 0 Å². The third-order valence-corrected chi connectivity index (χ3v) is 4.47. The van der Waals surface area contributed by atoms with Gasteiger partial charge >= 0.3 is 6.03 Å². The number of aliphatic hydroxyl groups is 1. The molecule has 1 aliphatic rings. The van der Waals surface area contributed by atoms with Crippen molar-refractivity contribution in [2.24, 2.45) is 0 Å². The quantitative estimate of drug-likeness (QED) is 0.771. The zero-order valence-corrected chi connectivity index (χ0v) is 14.1. The topological polar surface area (TPSA) is 61.4 Å². The average molecular weight is 304 g/mol. The summed E-state index contributed by atoms with van der Waals surface area (Å²) in [6.45, 7) is 8.82. The first-order chi connectivity index (χ1) is 10.3. The average Bonchev–Trinajstić information content (AvgIpc) is 2.42. The maximum absolute atomic E-state index is 12.2. The molecule has 0 aliphatic heterocycles. The summed E-state index contributed by atoms with van der Waals surface area (Å²) in [6, 6.07) is 5.93. The van der Waals surface area contributed by atoms with Crippen LogP contribution in [0, 0.1) is 0 Å². The number of hydrogen-bond acceptors (Lipinski definition) is 2. The predicted octanol–water partition coefficient (Wildman–Crippen LogP) is 3.97. The third kappa shape index (κ3) is 3.80. The van der Waals surface area contributed by atoms with Gasteiger partial charge in [0.15, 0.2) is 0 Å². The van der Waals surface area contributed by atoms with Crippen LogP contribution in [0.3, 0.4) is 0 Å². The summed E-state index contributed by atoms with van der Waals surface area (Å²) in [6.07, 6.45) is 2.58. The second-order valence-electron chi connectivity index (χ2n) is 7.01. The zero-order valence-electron chi connectivity index (χ0n) is 14.1. The zero-order chi connectivity index (χ0) is 16.3. The molecule has 0 spiro atoms. The van der Waals surface area contributed by atoms with Gasteiger partial charge in [0, 0.05) is 12.2 Å². The van der Waals surface area contributed by atoms with Gasteiger partial charge in [0.2, 0.25) is 0 Å². The molecular weight excluding hydrogens is 276 g/mol. The van der Waals surface area contributed by atoms with Gasteiger partial charge in [-0.2, -0.15) is 0 Å². The summed E-state index contributed by atoms with van der Waals surface area (Å²) in [4.78, 5) is 12.2. The maximum atomic E-state index is 12.2. The van der Waals surface area contributed by atoms with E-state index in [0.29, 0.717) is 18.4 Å². The second-order valence-corrected chi connectivity index (χ2v) is 7.01. The Morgan fingerprint density at radius 3 is 2.14 bits per heavy atom. The molecule has 2 rings (SSSR count). The van der Waals surface area contributed by atoms with Crippen LogP contribution in [0.2, 0.25) is 0 Å². The number of carbonyl (C=O) groups excluding carboxylic acids is 1. The minimum absolute atomic E-state index is 0.240. The number of rotatable bonds is 5. The summed E-state index contributed by atoms with van der Waals surface area (Å²) in [5.74, 6) is 0.676. The number of anilines is 1. The van der Waals surface area contributed by atoms with Crippen LogP contribution in [0.25, 0.3) is 0 Å². The van der Waals surface area contributed by atoms with Gasteiger partial charge in [-0.3, -0.25) is 0 Å². The Morgan fingerprint density at radius 2 is 1.73 bits per heavy atom. The van der Waals surface area contributed by atoms with E-state index in [1.54, 1.807) is 0 Å². The van der Waals surface area contributed by atoms with Crippen LogP contribution in [0.4, 0.5) is 10.5 Å². The highest BCUT2D eigenvalue weighted by molar-refractivity contribution is 5.91.